The van der Waals surface area contributed by atoms with Crippen LogP contribution < -0.4 is 5.73 Å². The van der Waals surface area contributed by atoms with Crippen molar-refractivity contribution < 1.29 is 5.11 Å². The molecule has 3 N–H and O–H groups in total. The Bertz CT molecular complexity index is 260. The molecule has 0 bridgehead atoms. The number of hydrogen-bond acceptors (Lipinski definition) is 4. The van der Waals surface area contributed by atoms with E-state index in [2.05, 4.69) is 17.5 Å². The van der Waals surface area contributed by atoms with Gasteiger partial charge >= 0.3 is 0 Å². The summed E-state index contributed by atoms with van der Waals surface area (Å²) in [5.41, 5.74) is 5.44. The van der Waals surface area contributed by atoms with Gasteiger partial charge in [0.2, 0.25) is 0 Å². The van der Waals surface area contributed by atoms with Crippen molar-refractivity contribution in [3.05, 3.63) is 17.5 Å². The molecular weight excluding hydrogens is 226 g/mol. The lowest BCUT2D eigenvalue weighted by Crippen LogP contribution is -2.39. The lowest BCUT2D eigenvalue weighted by atomic mass is 9.98. The molecule has 1 unspecified atom stereocenters. The minimum absolute atomic E-state index is 0.0745. The first-order valence-corrected chi connectivity index (χ1v) is 7.07. The highest BCUT2D eigenvalue weighted by Gasteiger charge is 2.15. The predicted molar refractivity (Wildman–Crippen MR) is 68.6 cm³/mol. The molecule has 0 aliphatic heterocycles. The number of nitrogens with two attached hydrogens (primary N) is 1. The second-order valence-corrected chi connectivity index (χ2v) is 6.39. The van der Waals surface area contributed by atoms with Gasteiger partial charge < -0.3 is 10.8 Å². The average Bonchev–Trinajstić information content (AvgIpc) is 2.70. The van der Waals surface area contributed by atoms with Gasteiger partial charge in [-0.2, -0.15) is 0 Å². The molecule has 0 spiro atoms. The largest absolute Gasteiger partial charge is 0.394 e. The Morgan fingerprint density at radius 3 is 2.93 bits per heavy atom. The topological polar surface area (TPSA) is 46.2 Å². The third-order valence-corrected chi connectivity index (χ3v) is 4.46. The van der Waals surface area contributed by atoms with Gasteiger partial charge in [-0.25, -0.2) is 0 Å². The first-order chi connectivity index (χ1) is 7.14. The molecule has 1 aromatic rings. The molecule has 0 saturated heterocycles. The minimum Gasteiger partial charge on any atom is -0.394 e. The van der Waals surface area contributed by atoms with Gasteiger partial charge in [0.05, 0.1) is 10.8 Å². The summed E-state index contributed by atoms with van der Waals surface area (Å²) in [5, 5.41) is 11.1. The van der Waals surface area contributed by atoms with Crippen molar-refractivity contribution in [3.8, 4) is 0 Å². The molecule has 0 aliphatic carbocycles. The zero-order valence-corrected chi connectivity index (χ0v) is 10.7. The maximum absolute atomic E-state index is 8.97. The number of unbranched alkanes of at least 4 members (excludes halogenated alkanes) is 1. The van der Waals surface area contributed by atoms with Crippen molar-refractivity contribution >= 4 is 23.1 Å². The van der Waals surface area contributed by atoms with E-state index in [1.54, 1.807) is 11.3 Å². The number of thioether (sulfide) groups is 1. The van der Waals surface area contributed by atoms with Crippen LogP contribution in [0.2, 0.25) is 0 Å². The van der Waals surface area contributed by atoms with Crippen LogP contribution in [0.15, 0.2) is 21.7 Å². The Kier molecular flexibility index (Phi) is 5.68. The standard InChI is InChI=1S/C11H19NOS2/c1-11(12,9-13)6-2-3-7-14-10-5-4-8-15-10/h4-5,8,13H,2-3,6-7,9,12H2,1H3. The molecule has 0 saturated carbocycles. The van der Waals surface area contributed by atoms with Crippen LogP contribution in [0, 0.1) is 0 Å². The van der Waals surface area contributed by atoms with E-state index in [4.69, 9.17) is 10.8 Å². The highest BCUT2D eigenvalue weighted by molar-refractivity contribution is 8.01. The summed E-state index contributed by atoms with van der Waals surface area (Å²) in [6.45, 7) is 1.98. The van der Waals surface area contributed by atoms with Crippen LogP contribution in [0.3, 0.4) is 0 Å². The highest BCUT2D eigenvalue weighted by Crippen LogP contribution is 2.24. The maximum atomic E-state index is 8.97. The van der Waals surface area contributed by atoms with Crippen LogP contribution >= 0.6 is 23.1 Å². The second-order valence-electron chi connectivity index (χ2n) is 4.05. The summed E-state index contributed by atoms with van der Waals surface area (Å²) in [4.78, 5) is 0. The lowest BCUT2D eigenvalue weighted by molar-refractivity contribution is 0.198. The van der Waals surface area contributed by atoms with Crippen LogP contribution in [-0.2, 0) is 0 Å². The van der Waals surface area contributed by atoms with Crippen LogP contribution in [0.1, 0.15) is 26.2 Å². The van der Waals surface area contributed by atoms with Crippen molar-refractivity contribution in [2.45, 2.75) is 35.9 Å². The molecule has 1 atom stereocenters. The monoisotopic (exact) mass is 245 g/mol. The molecule has 0 aliphatic rings. The van der Waals surface area contributed by atoms with Gasteiger partial charge in [-0.1, -0.05) is 12.5 Å². The molecule has 1 aromatic heterocycles. The Morgan fingerprint density at radius 2 is 2.33 bits per heavy atom. The number of thiophene rings is 1. The first-order valence-electron chi connectivity index (χ1n) is 5.20. The normalized spacial score (nSPS) is 15.1. The van der Waals surface area contributed by atoms with Gasteiger partial charge in [0.15, 0.2) is 0 Å². The van der Waals surface area contributed by atoms with E-state index in [9.17, 15) is 0 Å². The SMILES string of the molecule is CC(N)(CO)CCCCSc1cccs1. The van der Waals surface area contributed by atoms with Crippen molar-refractivity contribution in [2.24, 2.45) is 5.73 Å². The zero-order valence-electron chi connectivity index (χ0n) is 9.11. The summed E-state index contributed by atoms with van der Waals surface area (Å²) >= 11 is 3.69. The van der Waals surface area contributed by atoms with Gasteiger partial charge in [0.25, 0.3) is 0 Å². The molecular formula is C11H19NOS2. The summed E-state index contributed by atoms with van der Waals surface area (Å²) < 4.78 is 1.38. The third kappa shape index (κ3) is 5.56. The van der Waals surface area contributed by atoms with Crippen molar-refractivity contribution in [3.63, 3.8) is 0 Å². The first kappa shape index (κ1) is 13.0. The molecule has 0 fully saturated rings. The van der Waals surface area contributed by atoms with Gasteiger partial charge in [-0.15, -0.1) is 23.1 Å². The molecule has 1 rings (SSSR count). The number of hydrogen-bond donors (Lipinski definition) is 2. The molecule has 0 aromatic carbocycles. The molecule has 86 valence electrons. The summed E-state index contributed by atoms with van der Waals surface area (Å²) in [5.74, 6) is 1.14. The van der Waals surface area contributed by atoms with Crippen LogP contribution in [-0.4, -0.2) is 23.0 Å². The average molecular weight is 245 g/mol. The Hall–Kier alpha value is -0.0300. The Balaban J connectivity index is 2.03. The van der Waals surface area contributed by atoms with Gasteiger partial charge in [-0.05, 0) is 37.0 Å². The third-order valence-electron chi connectivity index (χ3n) is 2.24. The van der Waals surface area contributed by atoms with E-state index in [-0.39, 0.29) is 6.61 Å². The van der Waals surface area contributed by atoms with Gasteiger partial charge in [0.1, 0.15) is 0 Å². The fourth-order valence-corrected chi connectivity index (χ4v) is 3.09. The summed E-state index contributed by atoms with van der Waals surface area (Å²) in [6, 6.07) is 4.23. The predicted octanol–water partition coefficient (Wildman–Crippen LogP) is 2.72. The fraction of sp³-hybridized carbons (Fsp3) is 0.636. The summed E-state index contributed by atoms with van der Waals surface area (Å²) in [6.07, 6.45) is 3.15. The van der Waals surface area contributed by atoms with E-state index in [0.717, 1.165) is 25.0 Å². The van der Waals surface area contributed by atoms with Crippen molar-refractivity contribution in [1.29, 1.82) is 0 Å². The van der Waals surface area contributed by atoms with E-state index < -0.39 is 5.54 Å². The van der Waals surface area contributed by atoms with Crippen LogP contribution in [0.25, 0.3) is 0 Å². The molecule has 15 heavy (non-hydrogen) atoms. The number of aliphatic hydroxyl groups excluding tert-OH is 1. The van der Waals surface area contributed by atoms with Gasteiger partial charge in [0, 0.05) is 5.54 Å². The van der Waals surface area contributed by atoms with E-state index >= 15 is 0 Å². The molecule has 0 radical (unpaired) electrons. The zero-order chi connectivity index (χ0) is 11.1. The van der Waals surface area contributed by atoms with Crippen molar-refractivity contribution in [2.75, 3.05) is 12.4 Å². The molecule has 1 heterocycles. The summed E-state index contributed by atoms with van der Waals surface area (Å²) in [7, 11) is 0. The number of rotatable bonds is 7. The van der Waals surface area contributed by atoms with Gasteiger partial charge in [-0.3, -0.25) is 0 Å². The second kappa shape index (κ2) is 6.53. The smallest absolute Gasteiger partial charge is 0.0608 e. The fourth-order valence-electron chi connectivity index (χ4n) is 1.23. The number of aliphatic hydroxyl groups is 1. The molecule has 0 amide bonds. The van der Waals surface area contributed by atoms with E-state index in [1.807, 2.05) is 18.7 Å². The quantitative estimate of drug-likeness (QED) is 0.573. The van der Waals surface area contributed by atoms with E-state index in [1.165, 1.54) is 4.21 Å². The highest BCUT2D eigenvalue weighted by atomic mass is 32.2. The lowest BCUT2D eigenvalue weighted by Gasteiger charge is -2.21. The Morgan fingerprint density at radius 1 is 1.53 bits per heavy atom. The van der Waals surface area contributed by atoms with E-state index in [0.29, 0.717) is 0 Å². The van der Waals surface area contributed by atoms with Crippen LogP contribution in [0.5, 0.6) is 0 Å². The maximum Gasteiger partial charge on any atom is 0.0608 e. The molecule has 4 heteroatoms. The molecule has 2 nitrogen and oxygen atoms in total. The van der Waals surface area contributed by atoms with Crippen molar-refractivity contribution in [1.82, 2.24) is 0 Å². The Labute approximate surface area is 99.9 Å². The minimum atomic E-state index is -0.395. The van der Waals surface area contributed by atoms with Crippen LogP contribution in [0.4, 0.5) is 0 Å².